The van der Waals surface area contributed by atoms with Crippen LogP contribution in [0.15, 0.2) is 67.5 Å². The van der Waals surface area contributed by atoms with Crippen molar-refractivity contribution in [3.63, 3.8) is 0 Å². The smallest absolute Gasteiger partial charge is 0.245 e. The number of nitrogens with one attached hydrogen (secondary N) is 3. The summed E-state index contributed by atoms with van der Waals surface area (Å²) in [5.41, 5.74) is 8.68. The van der Waals surface area contributed by atoms with Crippen LogP contribution in [-0.2, 0) is 87.1 Å². The van der Waals surface area contributed by atoms with Crippen molar-refractivity contribution in [2.24, 2.45) is 16.2 Å². The van der Waals surface area contributed by atoms with E-state index in [4.69, 9.17) is 4.98 Å². The zero-order chi connectivity index (χ0) is 88.9. The van der Waals surface area contributed by atoms with Crippen LogP contribution in [-0.4, -0.2) is 210 Å². The number of amides is 4. The Morgan fingerprint density at radius 2 is 0.770 bits per heavy atom. The van der Waals surface area contributed by atoms with E-state index in [1.807, 2.05) is 45.0 Å². The Balaban J connectivity index is 0.000000139. The molecule has 6 fully saturated rings. The summed E-state index contributed by atoms with van der Waals surface area (Å²) >= 11 is 0. The third-order valence-electron chi connectivity index (χ3n) is 27.6. The number of hydrogen-bond donors (Lipinski definition) is 3. The van der Waals surface area contributed by atoms with Crippen LogP contribution in [0.5, 0.6) is 0 Å². The van der Waals surface area contributed by atoms with E-state index in [9.17, 15) is 62.3 Å². The Hall–Kier alpha value is -11.9. The van der Waals surface area contributed by atoms with Gasteiger partial charge in [0, 0.05) is 186 Å². The lowest BCUT2D eigenvalue weighted by atomic mass is 9.90. The van der Waals surface area contributed by atoms with Crippen molar-refractivity contribution < 1.29 is 62.3 Å². The number of ketones is 9. The number of rotatable bonds is 12. The first-order valence-corrected chi connectivity index (χ1v) is 44.6. The van der Waals surface area contributed by atoms with Gasteiger partial charge in [-0.3, -0.25) is 76.4 Å². The number of Topliss-reactive ketones (excluding diaryl/α,β-unsaturated/α-hetero) is 9. The predicted molar refractivity (Wildman–Crippen MR) is 464 cm³/mol. The third-order valence-corrected chi connectivity index (χ3v) is 27.6. The molecule has 3 N–H and O–H groups in total. The number of hydrogen-bond acceptors (Lipinski definition) is 25. The number of piperidine rings is 3. The van der Waals surface area contributed by atoms with Gasteiger partial charge in [-0.1, -0.05) is 20.8 Å². The van der Waals surface area contributed by atoms with E-state index in [0.717, 1.165) is 72.8 Å². The van der Waals surface area contributed by atoms with Crippen molar-refractivity contribution in [1.29, 1.82) is 0 Å². The Labute approximate surface area is 729 Å². The van der Waals surface area contributed by atoms with Crippen LogP contribution in [0.3, 0.4) is 0 Å². The molecular weight excluding hydrogens is 1600 g/mol. The van der Waals surface area contributed by atoms with Crippen LogP contribution < -0.4 is 16.0 Å². The van der Waals surface area contributed by atoms with E-state index in [1.54, 1.807) is 88.1 Å². The molecule has 9 aliphatic rings. The maximum absolute atomic E-state index is 14.0. The summed E-state index contributed by atoms with van der Waals surface area (Å²) in [7, 11) is 0. The zero-order valence-corrected chi connectivity index (χ0v) is 73.2. The predicted octanol–water partition coefficient (Wildman–Crippen LogP) is 10.1. The molecule has 6 bridgehead atoms. The Bertz CT molecular complexity index is 5930. The highest BCUT2D eigenvalue weighted by atomic mass is 16.2. The standard InChI is InChI=1S/C32H36N6O5.C32H38N6O4.C30H35N7O4/c1-4-26(41)25-13-32-8-7-23(40)6-5-9-33-28(42)12-21-10-20(22-15-34-19(3)35-16-22)11-24-30(18(2)39)36-37(31(21)24)17-29(43)38(25)27(32)14-32;1-4-27(41)26-13-32-9-8-24(40)7-5-6-10-33-15-22-11-21(23-16-34-20(3)35-17-23)12-25-30(19(2)39)36-37(31(22)25)18-29(42)38(26)28(32)14-32;1-4-25(40)24-11-30-8-7-20(39)6-5-9-31-15-23-29-21(10-22(34-23)19-13-32-18(3)33-14-19)28(17(2)38)35-36(29)16-27(41)37(24)26(30)12-30/h10-11,15-16,25,27H,4-9,12-14,17H2,1-3H3,(H,33,42);11-12,16-17,26,28,33H,4-10,13-15,18H2,1-3H3;10,13-14,24,26,31H,4-9,11-12,15-16H2,1-3H3/t25-,27+,32-;26-,28+,32-;24-,26+,30-/m000/s1. The number of nitrogens with zero attached hydrogens (tertiary/aromatic N) is 16. The number of benzene rings is 2. The summed E-state index contributed by atoms with van der Waals surface area (Å²) in [6.45, 7) is 17.5. The molecule has 0 unspecified atom stereocenters. The van der Waals surface area contributed by atoms with Crippen LogP contribution in [0, 0.1) is 37.0 Å². The SMILES string of the molecule is CCC(=O)[C@@H]1C[C@]23CCC(=O)CCCCNCc4cc(-c5cnc(C)nc5)cc5c(C(C)=O)nn(c45)CC(=O)N1[C@@H]2C3.CCC(=O)[C@@H]1C[C@]23CCC(=O)CCCNC(=O)Cc4cc(-c5cnc(C)nc5)cc5c(C(C)=O)nn(c45)CC(=O)N1[C@@H]2C3.CCC(=O)[C@@H]1C[C@]23CCC(=O)CCCNCc4nc(-c5cnc(C)nc5)cc5c(C(C)=O)nn(c45)CC(=O)N1[C@@H]2C3. The van der Waals surface area contributed by atoms with Gasteiger partial charge in [0.25, 0.3) is 0 Å². The molecule has 126 heavy (non-hydrogen) atoms. The topological polar surface area (TPSA) is 411 Å². The normalized spacial score (nSPS) is 24.7. The molecule has 3 saturated heterocycles. The molecule has 9 atom stereocenters. The fraction of sp³-hybridized carbons (Fsp3) is 0.521. The Morgan fingerprint density at radius 3 is 1.19 bits per heavy atom. The molecule has 3 saturated carbocycles. The molecule has 32 heteroatoms. The minimum atomic E-state index is -0.530. The maximum Gasteiger partial charge on any atom is 0.245 e. The van der Waals surface area contributed by atoms with Crippen LogP contribution in [0.4, 0.5) is 0 Å². The summed E-state index contributed by atoms with van der Waals surface area (Å²) in [6, 6.07) is 7.80. The fourth-order valence-corrected chi connectivity index (χ4v) is 20.6. The number of aryl methyl sites for hydroxylation is 3. The van der Waals surface area contributed by atoms with Gasteiger partial charge >= 0.3 is 0 Å². The molecule has 0 radical (unpaired) electrons. The highest BCUT2D eigenvalue weighted by molar-refractivity contribution is 6.10. The van der Waals surface area contributed by atoms with Crippen LogP contribution in [0.1, 0.15) is 249 Å². The van der Waals surface area contributed by atoms with Gasteiger partial charge in [-0.2, -0.15) is 15.3 Å². The first-order valence-electron chi connectivity index (χ1n) is 44.6. The number of carbonyl (C=O) groups is 13. The van der Waals surface area contributed by atoms with Crippen LogP contribution in [0.25, 0.3) is 66.2 Å². The molecule has 13 heterocycles. The average molecular weight is 1710 g/mol. The summed E-state index contributed by atoms with van der Waals surface area (Å²) in [4.78, 5) is 207. The summed E-state index contributed by atoms with van der Waals surface area (Å²) < 4.78 is 4.75. The van der Waals surface area contributed by atoms with Crippen molar-refractivity contribution in [2.45, 2.75) is 279 Å². The molecule has 6 aliphatic heterocycles. The highest BCUT2D eigenvalue weighted by Gasteiger charge is 2.69. The first-order chi connectivity index (χ1) is 60.5. The van der Waals surface area contributed by atoms with E-state index < -0.39 is 18.1 Å². The van der Waals surface area contributed by atoms with E-state index in [2.05, 4.69) is 61.2 Å². The van der Waals surface area contributed by atoms with Crippen molar-refractivity contribution in [3.05, 3.63) is 119 Å². The van der Waals surface area contributed by atoms with Crippen molar-refractivity contribution in [1.82, 2.24) is 94.9 Å². The van der Waals surface area contributed by atoms with Gasteiger partial charge in [0.1, 0.15) is 71.5 Å². The van der Waals surface area contributed by atoms with Gasteiger partial charge in [-0.15, -0.1) is 0 Å². The zero-order valence-electron chi connectivity index (χ0n) is 73.2. The second-order valence-corrected chi connectivity index (χ2v) is 36.1. The van der Waals surface area contributed by atoms with Crippen LogP contribution >= 0.6 is 0 Å². The van der Waals surface area contributed by atoms with Gasteiger partial charge in [-0.25, -0.2) is 34.9 Å². The van der Waals surface area contributed by atoms with Gasteiger partial charge in [0.15, 0.2) is 34.7 Å². The minimum Gasteiger partial charge on any atom is -0.356 e. The summed E-state index contributed by atoms with van der Waals surface area (Å²) in [6.07, 6.45) is 23.3. The molecule has 9 aromatic rings. The average Bonchev–Trinajstić information content (AvgIpc) is 1.54. The van der Waals surface area contributed by atoms with Crippen molar-refractivity contribution >= 4 is 108 Å². The van der Waals surface area contributed by atoms with E-state index in [-0.39, 0.29) is 147 Å². The maximum atomic E-state index is 14.0. The second kappa shape index (κ2) is 35.8. The monoisotopic (exact) mass is 1710 g/mol. The molecule has 2 aromatic carbocycles. The summed E-state index contributed by atoms with van der Waals surface area (Å²) in [5.74, 6) is 1.10. The number of pyridine rings is 1. The van der Waals surface area contributed by atoms with Gasteiger partial charge < -0.3 is 30.7 Å². The van der Waals surface area contributed by atoms with Gasteiger partial charge in [0.2, 0.25) is 23.6 Å². The van der Waals surface area contributed by atoms with Crippen molar-refractivity contribution in [2.75, 3.05) is 19.6 Å². The lowest BCUT2D eigenvalue weighted by Crippen LogP contribution is -2.44. The molecule has 4 amide bonds. The molecule has 0 spiro atoms. The third kappa shape index (κ3) is 17.6. The van der Waals surface area contributed by atoms with E-state index in [1.165, 1.54) is 25.5 Å². The second-order valence-electron chi connectivity index (χ2n) is 36.1. The quantitative estimate of drug-likeness (QED) is 0.0957. The Morgan fingerprint density at radius 1 is 0.405 bits per heavy atom. The molecule has 32 nitrogen and oxygen atoms in total. The Kier molecular flexibility index (Phi) is 24.9. The van der Waals surface area contributed by atoms with Gasteiger partial charge in [0.05, 0.1) is 52.5 Å². The number of aromatic nitrogens is 13. The molecule has 18 rings (SSSR count). The lowest BCUT2D eigenvalue weighted by molar-refractivity contribution is -0.139. The highest BCUT2D eigenvalue weighted by Crippen LogP contribution is 2.65. The molecule has 658 valence electrons. The van der Waals surface area contributed by atoms with Crippen molar-refractivity contribution in [3.8, 4) is 33.5 Å². The van der Waals surface area contributed by atoms with E-state index >= 15 is 0 Å². The molecule has 3 aliphatic carbocycles. The largest absolute Gasteiger partial charge is 0.356 e. The van der Waals surface area contributed by atoms with Gasteiger partial charge in [-0.05, 0) is 186 Å². The van der Waals surface area contributed by atoms with Crippen LogP contribution in [0.2, 0.25) is 0 Å². The fourth-order valence-electron chi connectivity index (χ4n) is 20.6. The summed E-state index contributed by atoms with van der Waals surface area (Å²) in [5, 5.41) is 25.5. The first kappa shape index (κ1) is 87.5. The molecular formula is C94H109N19O13. The lowest BCUT2D eigenvalue weighted by Gasteiger charge is -2.26. The van der Waals surface area contributed by atoms with E-state index in [0.29, 0.717) is 207 Å². The molecule has 7 aromatic heterocycles. The number of carbonyl (C=O) groups excluding carboxylic acids is 13. The minimum absolute atomic E-state index is 0.0118.